The Balaban J connectivity index is 2.11. The van der Waals surface area contributed by atoms with E-state index in [0.29, 0.717) is 0 Å². The molecule has 0 fully saturated rings. The maximum Gasteiger partial charge on any atom is 0.0671 e. The summed E-state index contributed by atoms with van der Waals surface area (Å²) in [5, 5.41) is 3.26. The number of likely N-dealkylation sites (N-methyl/N-ethyl adjacent to an activating group) is 1. The Morgan fingerprint density at radius 1 is 1.47 bits per heavy atom. The molecule has 0 amide bonds. The van der Waals surface area contributed by atoms with Gasteiger partial charge in [-0.3, -0.25) is 4.98 Å². The van der Waals surface area contributed by atoms with Crippen molar-refractivity contribution in [2.75, 3.05) is 19.7 Å². The molecule has 1 N–H and O–H groups in total. The second-order valence-corrected chi connectivity index (χ2v) is 3.56. The van der Waals surface area contributed by atoms with Crippen molar-refractivity contribution in [1.82, 2.24) is 10.3 Å². The minimum absolute atomic E-state index is 0.272. The predicted molar refractivity (Wildman–Crippen MR) is 61.9 cm³/mol. The summed E-state index contributed by atoms with van der Waals surface area (Å²) in [5.41, 5.74) is 1.09. The number of ether oxygens (including phenoxy) is 1. The third-order valence-electron chi connectivity index (χ3n) is 2.17. The van der Waals surface area contributed by atoms with Gasteiger partial charge in [-0.1, -0.05) is 13.0 Å². The highest BCUT2D eigenvalue weighted by Crippen LogP contribution is 1.97. The van der Waals surface area contributed by atoms with Crippen LogP contribution in [0.1, 0.15) is 19.5 Å². The summed E-state index contributed by atoms with van der Waals surface area (Å²) >= 11 is 0. The molecular weight excluding hydrogens is 188 g/mol. The smallest absolute Gasteiger partial charge is 0.0671 e. The molecule has 3 heteroatoms. The van der Waals surface area contributed by atoms with Gasteiger partial charge in [-0.05, 0) is 25.6 Å². The number of nitrogens with zero attached hydrogens (tertiary/aromatic N) is 1. The molecule has 0 spiro atoms. The van der Waals surface area contributed by atoms with Gasteiger partial charge in [-0.2, -0.15) is 0 Å². The zero-order chi connectivity index (χ0) is 10.9. The molecule has 84 valence electrons. The van der Waals surface area contributed by atoms with Crippen molar-refractivity contribution in [2.24, 2.45) is 0 Å². The first kappa shape index (κ1) is 12.1. The third kappa shape index (κ3) is 5.50. The van der Waals surface area contributed by atoms with E-state index < -0.39 is 0 Å². The van der Waals surface area contributed by atoms with E-state index in [1.165, 1.54) is 0 Å². The second-order valence-electron chi connectivity index (χ2n) is 3.56. The highest BCUT2D eigenvalue weighted by atomic mass is 16.5. The Kier molecular flexibility index (Phi) is 5.97. The Labute approximate surface area is 91.9 Å². The summed E-state index contributed by atoms with van der Waals surface area (Å²) in [6.45, 7) is 6.83. The van der Waals surface area contributed by atoms with Gasteiger partial charge in [0.05, 0.1) is 12.7 Å². The van der Waals surface area contributed by atoms with Gasteiger partial charge in [0, 0.05) is 24.9 Å². The molecule has 1 aromatic rings. The van der Waals surface area contributed by atoms with Gasteiger partial charge in [-0.25, -0.2) is 0 Å². The molecule has 0 radical (unpaired) electrons. The summed E-state index contributed by atoms with van der Waals surface area (Å²) in [7, 11) is 0. The van der Waals surface area contributed by atoms with Crippen molar-refractivity contribution in [3.63, 3.8) is 0 Å². The molecule has 1 unspecified atom stereocenters. The molecule has 0 aliphatic carbocycles. The monoisotopic (exact) mass is 208 g/mol. The van der Waals surface area contributed by atoms with E-state index in [9.17, 15) is 0 Å². The van der Waals surface area contributed by atoms with Gasteiger partial charge in [0.25, 0.3) is 0 Å². The zero-order valence-corrected chi connectivity index (χ0v) is 9.57. The van der Waals surface area contributed by atoms with Crippen LogP contribution in [-0.2, 0) is 11.2 Å². The summed E-state index contributed by atoms with van der Waals surface area (Å²) in [5.74, 6) is 0. The van der Waals surface area contributed by atoms with Crippen molar-refractivity contribution in [3.8, 4) is 0 Å². The van der Waals surface area contributed by atoms with Crippen LogP contribution in [0.2, 0.25) is 0 Å². The maximum absolute atomic E-state index is 5.65. The number of hydrogen-bond donors (Lipinski definition) is 1. The summed E-state index contributed by atoms with van der Waals surface area (Å²) in [6.07, 6.45) is 2.97. The van der Waals surface area contributed by atoms with Gasteiger partial charge >= 0.3 is 0 Å². The van der Waals surface area contributed by atoms with Gasteiger partial charge in [-0.15, -0.1) is 0 Å². The van der Waals surface area contributed by atoms with Gasteiger partial charge in [0.15, 0.2) is 0 Å². The van der Waals surface area contributed by atoms with Crippen molar-refractivity contribution in [3.05, 3.63) is 30.1 Å². The minimum atomic E-state index is 0.272. The fraction of sp³-hybridized carbons (Fsp3) is 0.583. The number of hydrogen-bond acceptors (Lipinski definition) is 3. The minimum Gasteiger partial charge on any atom is -0.377 e. The lowest BCUT2D eigenvalue weighted by atomic mass is 10.3. The van der Waals surface area contributed by atoms with Crippen molar-refractivity contribution < 1.29 is 4.74 Å². The Morgan fingerprint density at radius 2 is 2.33 bits per heavy atom. The number of pyridine rings is 1. The number of rotatable bonds is 7. The Morgan fingerprint density at radius 3 is 3.00 bits per heavy atom. The van der Waals surface area contributed by atoms with E-state index in [4.69, 9.17) is 4.74 Å². The molecule has 1 rings (SSSR count). The third-order valence-corrected chi connectivity index (χ3v) is 2.17. The molecule has 3 nitrogen and oxygen atoms in total. The summed E-state index contributed by atoms with van der Waals surface area (Å²) < 4.78 is 5.65. The van der Waals surface area contributed by atoms with E-state index in [-0.39, 0.29) is 6.10 Å². The summed E-state index contributed by atoms with van der Waals surface area (Å²) in [4.78, 5) is 4.24. The van der Waals surface area contributed by atoms with Crippen LogP contribution in [0.5, 0.6) is 0 Å². The van der Waals surface area contributed by atoms with Crippen LogP contribution in [0.15, 0.2) is 24.4 Å². The SMILES string of the molecule is CCNCC(C)OCCc1ccccn1. The predicted octanol–water partition coefficient (Wildman–Crippen LogP) is 1.64. The van der Waals surface area contributed by atoms with E-state index in [2.05, 4.69) is 24.1 Å². The first-order valence-electron chi connectivity index (χ1n) is 5.55. The molecule has 0 aromatic carbocycles. The quantitative estimate of drug-likeness (QED) is 0.739. The molecule has 0 saturated carbocycles. The zero-order valence-electron chi connectivity index (χ0n) is 9.57. The highest BCUT2D eigenvalue weighted by Gasteiger charge is 2.00. The fourth-order valence-electron chi connectivity index (χ4n) is 1.32. The molecule has 1 aromatic heterocycles. The van der Waals surface area contributed by atoms with Crippen LogP contribution < -0.4 is 5.32 Å². The van der Waals surface area contributed by atoms with Crippen LogP contribution in [0, 0.1) is 0 Å². The van der Waals surface area contributed by atoms with E-state index in [0.717, 1.165) is 31.8 Å². The van der Waals surface area contributed by atoms with Crippen LogP contribution in [-0.4, -0.2) is 30.8 Å². The van der Waals surface area contributed by atoms with Crippen LogP contribution >= 0.6 is 0 Å². The maximum atomic E-state index is 5.65. The molecular formula is C12H20N2O. The van der Waals surface area contributed by atoms with Crippen LogP contribution in [0.4, 0.5) is 0 Å². The lowest BCUT2D eigenvalue weighted by Gasteiger charge is -2.12. The highest BCUT2D eigenvalue weighted by molar-refractivity contribution is 5.03. The van der Waals surface area contributed by atoms with E-state index in [1.807, 2.05) is 24.4 Å². The topological polar surface area (TPSA) is 34.1 Å². The Bertz CT molecular complexity index is 251. The fourth-order valence-corrected chi connectivity index (χ4v) is 1.32. The summed E-state index contributed by atoms with van der Waals surface area (Å²) in [6, 6.07) is 5.96. The lowest BCUT2D eigenvalue weighted by molar-refractivity contribution is 0.0682. The molecule has 0 aliphatic heterocycles. The van der Waals surface area contributed by atoms with E-state index in [1.54, 1.807) is 0 Å². The van der Waals surface area contributed by atoms with Crippen molar-refractivity contribution in [2.45, 2.75) is 26.4 Å². The molecule has 15 heavy (non-hydrogen) atoms. The standard InChI is InChI=1S/C12H20N2O/c1-3-13-10-11(2)15-9-7-12-6-4-5-8-14-12/h4-6,8,11,13H,3,7,9-10H2,1-2H3. The molecule has 0 aliphatic rings. The molecule has 1 heterocycles. The van der Waals surface area contributed by atoms with Crippen LogP contribution in [0.25, 0.3) is 0 Å². The number of aromatic nitrogens is 1. The second kappa shape index (κ2) is 7.37. The number of nitrogens with one attached hydrogen (secondary N) is 1. The van der Waals surface area contributed by atoms with Crippen molar-refractivity contribution in [1.29, 1.82) is 0 Å². The first-order chi connectivity index (χ1) is 7.33. The normalized spacial score (nSPS) is 12.7. The molecule has 0 saturated heterocycles. The van der Waals surface area contributed by atoms with E-state index >= 15 is 0 Å². The average molecular weight is 208 g/mol. The van der Waals surface area contributed by atoms with Gasteiger partial charge in [0.1, 0.15) is 0 Å². The Hall–Kier alpha value is -0.930. The van der Waals surface area contributed by atoms with Crippen LogP contribution in [0.3, 0.4) is 0 Å². The first-order valence-corrected chi connectivity index (χ1v) is 5.55. The molecule has 1 atom stereocenters. The average Bonchev–Trinajstić information content (AvgIpc) is 2.28. The van der Waals surface area contributed by atoms with Crippen molar-refractivity contribution >= 4 is 0 Å². The van der Waals surface area contributed by atoms with Gasteiger partial charge < -0.3 is 10.1 Å². The lowest BCUT2D eigenvalue weighted by Crippen LogP contribution is -2.27. The largest absolute Gasteiger partial charge is 0.377 e. The molecule has 0 bridgehead atoms. The van der Waals surface area contributed by atoms with Gasteiger partial charge in [0.2, 0.25) is 0 Å².